The van der Waals surface area contributed by atoms with Gasteiger partial charge in [-0.1, -0.05) is 12.1 Å². The largest absolute Gasteiger partial charge is 0.497 e. The first-order valence-electron chi connectivity index (χ1n) is 5.54. The highest BCUT2D eigenvalue weighted by Crippen LogP contribution is 2.26. The Morgan fingerprint density at radius 3 is 2.76 bits per heavy atom. The summed E-state index contributed by atoms with van der Waals surface area (Å²) in [5.74, 6) is 1.73. The average Bonchev–Trinajstić information content (AvgIpc) is 2.64. The van der Waals surface area contributed by atoms with Crippen LogP contribution in [0.4, 0.5) is 0 Å². The second-order valence-corrected chi connectivity index (χ2v) is 3.96. The van der Waals surface area contributed by atoms with Crippen LogP contribution in [0.2, 0.25) is 0 Å². The average molecular weight is 231 g/mol. The summed E-state index contributed by atoms with van der Waals surface area (Å²) in [4.78, 5) is 4.46. The Hall–Kier alpha value is -1.81. The molecule has 0 aliphatic carbocycles. The molecule has 90 valence electrons. The molecule has 17 heavy (non-hydrogen) atoms. The summed E-state index contributed by atoms with van der Waals surface area (Å²) < 4.78 is 7.27. The molecule has 4 heteroatoms. The van der Waals surface area contributed by atoms with Gasteiger partial charge in [0.2, 0.25) is 0 Å². The molecule has 2 aromatic rings. The third kappa shape index (κ3) is 2.03. The summed E-state index contributed by atoms with van der Waals surface area (Å²) in [5, 5.41) is 0. The smallest absolute Gasteiger partial charge is 0.122 e. The van der Waals surface area contributed by atoms with Gasteiger partial charge in [-0.05, 0) is 19.1 Å². The fraction of sp³-hybridized carbons (Fsp3) is 0.308. The molecule has 0 aliphatic heterocycles. The molecule has 0 radical (unpaired) electrons. The number of imidazole rings is 1. The normalized spacial score (nSPS) is 10.6. The highest BCUT2D eigenvalue weighted by Gasteiger charge is 2.12. The number of nitrogens with zero attached hydrogens (tertiary/aromatic N) is 2. The zero-order chi connectivity index (χ0) is 12.4. The van der Waals surface area contributed by atoms with Gasteiger partial charge < -0.3 is 15.0 Å². The van der Waals surface area contributed by atoms with E-state index in [-0.39, 0.29) is 0 Å². The number of benzene rings is 1. The van der Waals surface area contributed by atoms with E-state index >= 15 is 0 Å². The second kappa shape index (κ2) is 4.59. The van der Waals surface area contributed by atoms with Crippen LogP contribution in [0.25, 0.3) is 11.3 Å². The van der Waals surface area contributed by atoms with Gasteiger partial charge in [0.15, 0.2) is 0 Å². The summed E-state index contributed by atoms with van der Waals surface area (Å²) in [6.07, 6.45) is 0. The summed E-state index contributed by atoms with van der Waals surface area (Å²) in [7, 11) is 3.65. The van der Waals surface area contributed by atoms with E-state index in [0.717, 1.165) is 28.5 Å². The van der Waals surface area contributed by atoms with Gasteiger partial charge in [0, 0.05) is 12.6 Å². The molecule has 0 atom stereocenters. The molecule has 0 fully saturated rings. The highest BCUT2D eigenvalue weighted by atomic mass is 16.5. The van der Waals surface area contributed by atoms with Crippen LogP contribution in [0.3, 0.4) is 0 Å². The van der Waals surface area contributed by atoms with Crippen molar-refractivity contribution < 1.29 is 4.74 Å². The van der Waals surface area contributed by atoms with Gasteiger partial charge >= 0.3 is 0 Å². The molecule has 1 aromatic heterocycles. The third-order valence-corrected chi connectivity index (χ3v) is 2.89. The number of nitrogens with two attached hydrogens (primary N) is 1. The Balaban J connectivity index is 2.55. The number of ether oxygens (including phenoxy) is 1. The zero-order valence-corrected chi connectivity index (χ0v) is 10.4. The van der Waals surface area contributed by atoms with E-state index in [1.54, 1.807) is 7.11 Å². The van der Waals surface area contributed by atoms with E-state index < -0.39 is 0 Å². The standard InChI is InChI=1S/C13H17N3O/c1-9-13(16(2)12(8-14)15-9)10-5-4-6-11(7-10)17-3/h4-7H,8,14H2,1-3H3. The Morgan fingerprint density at radius 1 is 1.41 bits per heavy atom. The molecule has 0 saturated heterocycles. The molecule has 0 aliphatic rings. The highest BCUT2D eigenvalue weighted by molar-refractivity contribution is 5.64. The van der Waals surface area contributed by atoms with Gasteiger partial charge in [0.05, 0.1) is 25.0 Å². The van der Waals surface area contributed by atoms with Crippen molar-refractivity contribution in [3.8, 4) is 17.0 Å². The van der Waals surface area contributed by atoms with Gasteiger partial charge in [-0.15, -0.1) is 0 Å². The van der Waals surface area contributed by atoms with Gasteiger partial charge in [0.25, 0.3) is 0 Å². The van der Waals surface area contributed by atoms with Crippen LogP contribution in [0.1, 0.15) is 11.5 Å². The maximum Gasteiger partial charge on any atom is 0.122 e. The predicted octanol–water partition coefficient (Wildman–Crippen LogP) is 1.86. The van der Waals surface area contributed by atoms with Crippen molar-refractivity contribution in [2.75, 3.05) is 7.11 Å². The molecule has 2 N–H and O–H groups in total. The minimum Gasteiger partial charge on any atom is -0.497 e. The Labute approximate surface area is 101 Å². The van der Waals surface area contributed by atoms with Crippen molar-refractivity contribution >= 4 is 0 Å². The lowest BCUT2D eigenvalue weighted by Gasteiger charge is -2.07. The molecule has 1 heterocycles. The molecule has 0 saturated carbocycles. The molecule has 2 rings (SSSR count). The summed E-state index contributed by atoms with van der Waals surface area (Å²) >= 11 is 0. The first-order valence-corrected chi connectivity index (χ1v) is 5.54. The van der Waals surface area contributed by atoms with Crippen molar-refractivity contribution in [3.05, 3.63) is 35.8 Å². The first kappa shape index (κ1) is 11.7. The van der Waals surface area contributed by atoms with Crippen LogP contribution >= 0.6 is 0 Å². The van der Waals surface area contributed by atoms with Crippen LogP contribution in [0.5, 0.6) is 5.75 Å². The number of hydrogen-bond donors (Lipinski definition) is 1. The Morgan fingerprint density at radius 2 is 2.18 bits per heavy atom. The quantitative estimate of drug-likeness (QED) is 0.877. The van der Waals surface area contributed by atoms with Crippen LogP contribution < -0.4 is 10.5 Å². The van der Waals surface area contributed by atoms with Gasteiger partial charge in [0.1, 0.15) is 11.6 Å². The SMILES string of the molecule is COc1cccc(-c2c(C)nc(CN)n2C)c1. The van der Waals surface area contributed by atoms with E-state index in [4.69, 9.17) is 10.5 Å². The molecule has 0 unspecified atom stereocenters. The molecule has 0 amide bonds. The van der Waals surface area contributed by atoms with Crippen molar-refractivity contribution in [1.82, 2.24) is 9.55 Å². The monoisotopic (exact) mass is 231 g/mol. The van der Waals surface area contributed by atoms with Crippen molar-refractivity contribution in [2.45, 2.75) is 13.5 Å². The van der Waals surface area contributed by atoms with Crippen molar-refractivity contribution in [1.29, 1.82) is 0 Å². The van der Waals surface area contributed by atoms with Crippen LogP contribution in [-0.4, -0.2) is 16.7 Å². The molecule has 1 aromatic carbocycles. The van der Waals surface area contributed by atoms with Crippen LogP contribution in [-0.2, 0) is 13.6 Å². The number of methoxy groups -OCH3 is 1. The minimum absolute atomic E-state index is 0.446. The lowest BCUT2D eigenvalue weighted by Crippen LogP contribution is -2.05. The molecule has 0 bridgehead atoms. The van der Waals surface area contributed by atoms with Gasteiger partial charge in [-0.25, -0.2) is 4.98 Å². The molecule has 0 spiro atoms. The maximum atomic E-state index is 5.66. The van der Waals surface area contributed by atoms with Gasteiger partial charge in [-0.2, -0.15) is 0 Å². The number of hydrogen-bond acceptors (Lipinski definition) is 3. The van der Waals surface area contributed by atoms with Crippen molar-refractivity contribution in [2.24, 2.45) is 12.8 Å². The fourth-order valence-electron chi connectivity index (χ4n) is 2.05. The maximum absolute atomic E-state index is 5.66. The first-order chi connectivity index (χ1) is 8.17. The van der Waals surface area contributed by atoms with Gasteiger partial charge in [-0.3, -0.25) is 0 Å². The molecular formula is C13H17N3O. The zero-order valence-electron chi connectivity index (χ0n) is 10.4. The van der Waals surface area contributed by atoms with E-state index in [1.807, 2.05) is 42.8 Å². The Kier molecular flexibility index (Phi) is 3.15. The third-order valence-electron chi connectivity index (χ3n) is 2.89. The lowest BCUT2D eigenvalue weighted by atomic mass is 10.1. The summed E-state index contributed by atoms with van der Waals surface area (Å²) in [6.45, 7) is 2.44. The number of rotatable bonds is 3. The van der Waals surface area contributed by atoms with E-state index in [0.29, 0.717) is 6.54 Å². The van der Waals surface area contributed by atoms with E-state index in [1.165, 1.54) is 0 Å². The topological polar surface area (TPSA) is 53.1 Å². The number of aryl methyl sites for hydroxylation is 1. The Bertz CT molecular complexity index is 531. The lowest BCUT2D eigenvalue weighted by molar-refractivity contribution is 0.415. The summed E-state index contributed by atoms with van der Waals surface area (Å²) in [5.41, 5.74) is 8.83. The molecule has 4 nitrogen and oxygen atoms in total. The molecular weight excluding hydrogens is 214 g/mol. The fourth-order valence-corrected chi connectivity index (χ4v) is 2.05. The van der Waals surface area contributed by atoms with E-state index in [2.05, 4.69) is 4.98 Å². The number of aromatic nitrogens is 2. The predicted molar refractivity (Wildman–Crippen MR) is 67.8 cm³/mol. The summed E-state index contributed by atoms with van der Waals surface area (Å²) in [6, 6.07) is 7.96. The second-order valence-electron chi connectivity index (χ2n) is 3.96. The van der Waals surface area contributed by atoms with Crippen molar-refractivity contribution in [3.63, 3.8) is 0 Å². The minimum atomic E-state index is 0.446. The van der Waals surface area contributed by atoms with E-state index in [9.17, 15) is 0 Å². The van der Waals surface area contributed by atoms with Crippen LogP contribution in [0.15, 0.2) is 24.3 Å². The van der Waals surface area contributed by atoms with Crippen LogP contribution in [0, 0.1) is 6.92 Å².